The summed E-state index contributed by atoms with van der Waals surface area (Å²) in [6.45, 7) is 6.81. The molecule has 1 saturated carbocycles. The average molecular weight is 220 g/mol. The zero-order valence-corrected chi connectivity index (χ0v) is 11.3. The quantitative estimate of drug-likeness (QED) is 0.568. The fourth-order valence-electron chi connectivity index (χ4n) is 3.32. The van der Waals surface area contributed by atoms with Crippen molar-refractivity contribution in [3.63, 3.8) is 0 Å². The topological polar surface area (TPSA) is 9.23 Å². The molecular weight excluding hydrogens is 195 g/mol. The van der Waals surface area contributed by atoms with Crippen LogP contribution in [-0.4, -0.2) is 14.0 Å². The Bertz CT molecular complexity index is 293. The van der Waals surface area contributed by atoms with Gasteiger partial charge in [-0.2, -0.15) is 0 Å². The molecule has 1 fully saturated rings. The fraction of sp³-hybridized carbons (Fsp3) is 0.857. The van der Waals surface area contributed by atoms with Crippen LogP contribution in [0.5, 0.6) is 0 Å². The van der Waals surface area contributed by atoms with E-state index in [1.54, 1.807) is 0 Å². The van der Waals surface area contributed by atoms with Gasteiger partial charge in [0.2, 0.25) is 0 Å². The van der Waals surface area contributed by atoms with Crippen LogP contribution in [0.25, 0.3) is 0 Å². The highest BCUT2D eigenvalue weighted by molar-refractivity contribution is 6.14. The SMILES string of the molecule is BC1(C)CCCCCC2C(C)=C(C)OC2C1. The van der Waals surface area contributed by atoms with Gasteiger partial charge in [-0.25, -0.2) is 0 Å². The summed E-state index contributed by atoms with van der Waals surface area (Å²) in [6.07, 6.45) is 8.57. The Morgan fingerprint density at radius 2 is 2.00 bits per heavy atom. The Balaban J connectivity index is 2.14. The molecule has 0 bridgehead atoms. The average Bonchev–Trinajstić information content (AvgIpc) is 2.46. The van der Waals surface area contributed by atoms with Crippen LogP contribution in [0.1, 0.15) is 59.3 Å². The molecule has 2 aliphatic rings. The summed E-state index contributed by atoms with van der Waals surface area (Å²) in [5.41, 5.74) is 1.52. The first kappa shape index (κ1) is 12.1. The molecule has 0 aromatic rings. The largest absolute Gasteiger partial charge is 0.495 e. The van der Waals surface area contributed by atoms with E-state index in [4.69, 9.17) is 4.74 Å². The minimum atomic E-state index is 0.457. The van der Waals surface area contributed by atoms with Crippen molar-refractivity contribution >= 4 is 7.85 Å². The van der Waals surface area contributed by atoms with Gasteiger partial charge in [0.05, 0.1) is 5.76 Å². The maximum atomic E-state index is 6.08. The van der Waals surface area contributed by atoms with Crippen molar-refractivity contribution in [1.29, 1.82) is 0 Å². The van der Waals surface area contributed by atoms with Gasteiger partial charge in [0.15, 0.2) is 0 Å². The number of hydrogen-bond acceptors (Lipinski definition) is 1. The van der Waals surface area contributed by atoms with Gasteiger partial charge in [0.1, 0.15) is 14.0 Å². The monoisotopic (exact) mass is 220 g/mol. The van der Waals surface area contributed by atoms with Crippen LogP contribution in [-0.2, 0) is 4.74 Å². The first-order valence-electron chi connectivity index (χ1n) is 6.84. The van der Waals surface area contributed by atoms with Crippen molar-refractivity contribution in [3.05, 3.63) is 11.3 Å². The molecule has 0 radical (unpaired) electrons. The maximum absolute atomic E-state index is 6.08. The van der Waals surface area contributed by atoms with Crippen molar-refractivity contribution in [2.45, 2.75) is 70.7 Å². The molecule has 0 spiro atoms. The summed E-state index contributed by atoms with van der Waals surface area (Å²) in [5.74, 6) is 1.91. The third-order valence-corrected chi connectivity index (χ3v) is 4.51. The highest BCUT2D eigenvalue weighted by atomic mass is 16.5. The van der Waals surface area contributed by atoms with E-state index in [1.807, 2.05) is 0 Å². The van der Waals surface area contributed by atoms with E-state index < -0.39 is 0 Å². The molecular formula is C14H25BO. The van der Waals surface area contributed by atoms with Gasteiger partial charge in [-0.15, -0.1) is 0 Å². The van der Waals surface area contributed by atoms with Crippen LogP contribution in [0.15, 0.2) is 11.3 Å². The van der Waals surface area contributed by atoms with Crippen molar-refractivity contribution in [1.82, 2.24) is 0 Å². The van der Waals surface area contributed by atoms with Crippen molar-refractivity contribution in [3.8, 4) is 0 Å². The van der Waals surface area contributed by atoms with Crippen molar-refractivity contribution in [2.24, 2.45) is 5.92 Å². The van der Waals surface area contributed by atoms with Gasteiger partial charge in [-0.3, -0.25) is 0 Å². The number of hydrogen-bond donors (Lipinski definition) is 0. The zero-order chi connectivity index (χ0) is 11.8. The van der Waals surface area contributed by atoms with Crippen LogP contribution in [0.4, 0.5) is 0 Å². The van der Waals surface area contributed by atoms with E-state index in [0.29, 0.717) is 17.3 Å². The molecule has 0 saturated heterocycles. The zero-order valence-electron chi connectivity index (χ0n) is 11.3. The van der Waals surface area contributed by atoms with Crippen LogP contribution in [0.3, 0.4) is 0 Å². The highest BCUT2D eigenvalue weighted by Gasteiger charge is 2.36. The lowest BCUT2D eigenvalue weighted by Gasteiger charge is -2.29. The van der Waals surface area contributed by atoms with Gasteiger partial charge in [0.25, 0.3) is 0 Å². The van der Waals surface area contributed by atoms with Gasteiger partial charge in [-0.05, 0) is 32.3 Å². The fourth-order valence-corrected chi connectivity index (χ4v) is 3.32. The minimum Gasteiger partial charge on any atom is -0.495 e. The molecule has 1 aliphatic heterocycles. The minimum absolute atomic E-state index is 0.457. The Morgan fingerprint density at radius 3 is 2.75 bits per heavy atom. The summed E-state index contributed by atoms with van der Waals surface area (Å²) in [4.78, 5) is 0. The van der Waals surface area contributed by atoms with Crippen molar-refractivity contribution in [2.75, 3.05) is 0 Å². The van der Waals surface area contributed by atoms with Gasteiger partial charge in [-0.1, -0.05) is 37.9 Å². The molecule has 3 atom stereocenters. The summed E-state index contributed by atoms with van der Waals surface area (Å²) in [7, 11) is 2.40. The first-order chi connectivity index (χ1) is 7.49. The van der Waals surface area contributed by atoms with Crippen LogP contribution >= 0.6 is 0 Å². The van der Waals surface area contributed by atoms with E-state index in [9.17, 15) is 0 Å². The Morgan fingerprint density at radius 1 is 1.25 bits per heavy atom. The second kappa shape index (κ2) is 4.47. The lowest BCUT2D eigenvalue weighted by molar-refractivity contribution is 0.0913. The number of rotatable bonds is 0. The number of allylic oxidation sites excluding steroid dienone is 1. The van der Waals surface area contributed by atoms with E-state index in [1.165, 1.54) is 49.9 Å². The summed E-state index contributed by atoms with van der Waals surface area (Å²) in [5, 5.41) is 0.457. The van der Waals surface area contributed by atoms with E-state index >= 15 is 0 Å². The standard InChI is InChI=1S/C14H25BO/c1-10-11(2)16-13-9-14(3,15)8-6-4-5-7-12(10)13/h12-13H,4-9,15H2,1-3H3. The van der Waals surface area contributed by atoms with E-state index in [2.05, 4.69) is 28.6 Å². The normalized spacial score (nSPS) is 40.7. The van der Waals surface area contributed by atoms with E-state index in [-0.39, 0.29) is 0 Å². The van der Waals surface area contributed by atoms with Crippen LogP contribution in [0.2, 0.25) is 5.31 Å². The molecule has 90 valence electrons. The molecule has 0 aromatic heterocycles. The molecule has 2 heteroatoms. The van der Waals surface area contributed by atoms with Crippen LogP contribution < -0.4 is 0 Å². The second-order valence-corrected chi connectivity index (χ2v) is 6.47. The van der Waals surface area contributed by atoms with Crippen LogP contribution in [0, 0.1) is 5.92 Å². The first-order valence-corrected chi connectivity index (χ1v) is 6.84. The summed E-state index contributed by atoms with van der Waals surface area (Å²) < 4.78 is 6.08. The molecule has 0 N–H and O–H groups in total. The molecule has 3 unspecified atom stereocenters. The second-order valence-electron chi connectivity index (χ2n) is 6.47. The molecule has 2 rings (SSSR count). The molecule has 16 heavy (non-hydrogen) atoms. The third-order valence-electron chi connectivity index (χ3n) is 4.51. The lowest BCUT2D eigenvalue weighted by Crippen LogP contribution is -2.24. The van der Waals surface area contributed by atoms with Gasteiger partial charge < -0.3 is 4.74 Å². The van der Waals surface area contributed by atoms with Crippen molar-refractivity contribution < 1.29 is 4.74 Å². The predicted octanol–water partition coefficient (Wildman–Crippen LogP) is 3.46. The molecule has 1 aliphatic carbocycles. The predicted molar refractivity (Wildman–Crippen MR) is 71.4 cm³/mol. The molecule has 0 aromatic carbocycles. The smallest absolute Gasteiger partial charge is 0.109 e. The number of fused-ring (bicyclic) bond motifs is 1. The highest BCUT2D eigenvalue weighted by Crippen LogP contribution is 2.44. The third kappa shape index (κ3) is 2.47. The molecule has 0 amide bonds. The summed E-state index contributed by atoms with van der Waals surface area (Å²) >= 11 is 0. The summed E-state index contributed by atoms with van der Waals surface area (Å²) in [6, 6.07) is 0. The molecule has 1 heterocycles. The molecule has 1 nitrogen and oxygen atoms in total. The van der Waals surface area contributed by atoms with Gasteiger partial charge >= 0.3 is 0 Å². The van der Waals surface area contributed by atoms with E-state index in [0.717, 1.165) is 0 Å². The van der Waals surface area contributed by atoms with Gasteiger partial charge in [0, 0.05) is 5.92 Å². The Kier molecular flexibility index (Phi) is 3.37. The Labute approximate surface area is 101 Å². The number of ether oxygens (including phenoxy) is 1. The Hall–Kier alpha value is -0.395. The lowest BCUT2D eigenvalue weighted by atomic mass is 9.63. The maximum Gasteiger partial charge on any atom is 0.109 e.